The number of amides is 1. The SMILES string of the molecule is CN1CC2CNCCN2c2ncc(C(F)(F)F)cc2C1=O. The third-order valence-corrected chi connectivity index (χ3v) is 3.88. The summed E-state index contributed by atoms with van der Waals surface area (Å²) in [4.78, 5) is 19.7. The van der Waals surface area contributed by atoms with Crippen LogP contribution in [0.5, 0.6) is 0 Å². The van der Waals surface area contributed by atoms with Gasteiger partial charge in [-0.2, -0.15) is 13.2 Å². The molecule has 1 unspecified atom stereocenters. The topological polar surface area (TPSA) is 48.5 Å². The van der Waals surface area contributed by atoms with Gasteiger partial charge in [-0.05, 0) is 6.07 Å². The van der Waals surface area contributed by atoms with E-state index in [0.717, 1.165) is 18.8 Å². The summed E-state index contributed by atoms with van der Waals surface area (Å²) in [5.74, 6) is -0.0677. The normalized spacial score (nSPS) is 22.7. The second-order valence-corrected chi connectivity index (χ2v) is 5.33. The average molecular weight is 300 g/mol. The van der Waals surface area contributed by atoms with Crippen LogP contribution in [-0.4, -0.2) is 55.1 Å². The Morgan fingerprint density at radius 2 is 2.19 bits per heavy atom. The molecule has 0 aliphatic carbocycles. The van der Waals surface area contributed by atoms with E-state index in [-0.39, 0.29) is 11.6 Å². The lowest BCUT2D eigenvalue weighted by molar-refractivity contribution is -0.137. The van der Waals surface area contributed by atoms with Crippen LogP contribution < -0.4 is 10.2 Å². The number of pyridine rings is 1. The molecule has 0 aromatic carbocycles. The van der Waals surface area contributed by atoms with Gasteiger partial charge >= 0.3 is 6.18 Å². The summed E-state index contributed by atoms with van der Waals surface area (Å²) in [6.07, 6.45) is -3.70. The van der Waals surface area contributed by atoms with Crippen LogP contribution in [0, 0.1) is 0 Å². The molecule has 1 fully saturated rings. The van der Waals surface area contributed by atoms with Gasteiger partial charge in [-0.15, -0.1) is 0 Å². The van der Waals surface area contributed by atoms with Gasteiger partial charge in [0.15, 0.2) is 0 Å². The maximum Gasteiger partial charge on any atom is 0.417 e. The number of hydrogen-bond acceptors (Lipinski definition) is 4. The zero-order chi connectivity index (χ0) is 15.2. The van der Waals surface area contributed by atoms with Crippen LogP contribution in [0.4, 0.5) is 19.0 Å². The molecule has 21 heavy (non-hydrogen) atoms. The Balaban J connectivity index is 2.11. The maximum absolute atomic E-state index is 12.8. The number of hydrogen-bond donors (Lipinski definition) is 1. The van der Waals surface area contributed by atoms with E-state index in [2.05, 4.69) is 10.3 Å². The minimum absolute atomic E-state index is 0.0247. The second kappa shape index (κ2) is 4.87. The molecule has 0 bridgehead atoms. The Morgan fingerprint density at radius 1 is 1.43 bits per heavy atom. The molecule has 5 nitrogen and oxygen atoms in total. The van der Waals surface area contributed by atoms with Crippen molar-refractivity contribution < 1.29 is 18.0 Å². The van der Waals surface area contributed by atoms with Crippen LogP contribution in [0.2, 0.25) is 0 Å². The first-order chi connectivity index (χ1) is 9.88. The number of rotatable bonds is 0. The summed E-state index contributed by atoms with van der Waals surface area (Å²) >= 11 is 0. The van der Waals surface area contributed by atoms with Gasteiger partial charge in [0.2, 0.25) is 0 Å². The lowest BCUT2D eigenvalue weighted by Gasteiger charge is -2.36. The molecule has 8 heteroatoms. The summed E-state index contributed by atoms with van der Waals surface area (Å²) < 4.78 is 38.5. The third-order valence-electron chi connectivity index (χ3n) is 3.88. The summed E-state index contributed by atoms with van der Waals surface area (Å²) in [6, 6.07) is 0.934. The minimum Gasteiger partial charge on any atom is -0.349 e. The second-order valence-electron chi connectivity index (χ2n) is 5.33. The van der Waals surface area contributed by atoms with Gasteiger partial charge in [0, 0.05) is 39.4 Å². The van der Waals surface area contributed by atoms with Crippen molar-refractivity contribution in [1.29, 1.82) is 0 Å². The van der Waals surface area contributed by atoms with Gasteiger partial charge in [0.05, 0.1) is 17.2 Å². The lowest BCUT2D eigenvalue weighted by Crippen LogP contribution is -2.54. The van der Waals surface area contributed by atoms with Gasteiger partial charge in [-0.1, -0.05) is 0 Å². The Hall–Kier alpha value is -1.83. The quantitative estimate of drug-likeness (QED) is 0.775. The van der Waals surface area contributed by atoms with Crippen molar-refractivity contribution in [2.24, 2.45) is 0 Å². The van der Waals surface area contributed by atoms with E-state index in [1.54, 1.807) is 7.05 Å². The molecule has 1 atom stereocenters. The molecule has 2 aliphatic rings. The summed E-state index contributed by atoms with van der Waals surface area (Å²) in [6.45, 7) is 2.48. The van der Waals surface area contributed by atoms with Gasteiger partial charge in [-0.3, -0.25) is 4.79 Å². The number of nitrogens with zero attached hydrogens (tertiary/aromatic N) is 3. The van der Waals surface area contributed by atoms with Crippen molar-refractivity contribution in [1.82, 2.24) is 15.2 Å². The zero-order valence-corrected chi connectivity index (χ0v) is 11.4. The van der Waals surface area contributed by atoms with E-state index in [9.17, 15) is 18.0 Å². The molecule has 1 aromatic rings. The van der Waals surface area contributed by atoms with Crippen molar-refractivity contribution in [2.75, 3.05) is 38.1 Å². The van der Waals surface area contributed by atoms with Crippen molar-refractivity contribution in [3.8, 4) is 0 Å². The van der Waals surface area contributed by atoms with E-state index in [4.69, 9.17) is 0 Å². The van der Waals surface area contributed by atoms with E-state index >= 15 is 0 Å². The van der Waals surface area contributed by atoms with E-state index in [1.165, 1.54) is 4.90 Å². The van der Waals surface area contributed by atoms with Crippen LogP contribution in [0.3, 0.4) is 0 Å². The number of piperazine rings is 1. The smallest absolute Gasteiger partial charge is 0.349 e. The first kappa shape index (κ1) is 14.1. The fourth-order valence-electron chi connectivity index (χ4n) is 2.81. The van der Waals surface area contributed by atoms with E-state index in [0.29, 0.717) is 25.5 Å². The van der Waals surface area contributed by atoms with Gasteiger partial charge in [-0.25, -0.2) is 4.98 Å². The van der Waals surface area contributed by atoms with E-state index < -0.39 is 17.6 Å². The Labute approximate surface area is 119 Å². The molecular weight excluding hydrogens is 285 g/mol. The highest BCUT2D eigenvalue weighted by Crippen LogP contribution is 2.33. The fourth-order valence-corrected chi connectivity index (χ4v) is 2.81. The van der Waals surface area contributed by atoms with Gasteiger partial charge in [0.1, 0.15) is 5.82 Å². The lowest BCUT2D eigenvalue weighted by atomic mass is 10.1. The first-order valence-corrected chi connectivity index (χ1v) is 6.68. The molecule has 1 N–H and O–H groups in total. The fraction of sp³-hybridized carbons (Fsp3) is 0.538. The number of carbonyl (C=O) groups is 1. The first-order valence-electron chi connectivity index (χ1n) is 6.68. The Bertz CT molecular complexity index is 575. The van der Waals surface area contributed by atoms with Crippen molar-refractivity contribution in [3.63, 3.8) is 0 Å². The Morgan fingerprint density at radius 3 is 2.90 bits per heavy atom. The average Bonchev–Trinajstić information content (AvgIpc) is 2.55. The number of carbonyl (C=O) groups excluding carboxylic acids is 1. The highest BCUT2D eigenvalue weighted by Gasteiger charge is 2.37. The summed E-state index contributed by atoms with van der Waals surface area (Å²) in [5.41, 5.74) is -0.867. The largest absolute Gasteiger partial charge is 0.417 e. The predicted molar refractivity (Wildman–Crippen MR) is 70.2 cm³/mol. The minimum atomic E-state index is -4.50. The van der Waals surface area contributed by atoms with Crippen LogP contribution in [0.15, 0.2) is 12.3 Å². The molecular formula is C13H15F3N4O. The zero-order valence-electron chi connectivity index (χ0n) is 11.4. The van der Waals surface area contributed by atoms with Crippen LogP contribution >= 0.6 is 0 Å². The number of halogens is 3. The molecule has 3 rings (SSSR count). The highest BCUT2D eigenvalue weighted by atomic mass is 19.4. The number of anilines is 1. The van der Waals surface area contributed by atoms with Crippen LogP contribution in [0.1, 0.15) is 15.9 Å². The summed E-state index contributed by atoms with van der Waals surface area (Å²) in [5, 5.41) is 3.23. The molecule has 0 saturated carbocycles. The number of fused-ring (bicyclic) bond motifs is 3. The predicted octanol–water partition coefficient (Wildman–Crippen LogP) is 0.964. The molecule has 114 valence electrons. The highest BCUT2D eigenvalue weighted by molar-refractivity contribution is 5.99. The number of likely N-dealkylation sites (N-methyl/N-ethyl adjacent to an activating group) is 1. The third kappa shape index (κ3) is 2.44. The molecule has 0 spiro atoms. The van der Waals surface area contributed by atoms with Gasteiger partial charge < -0.3 is 15.1 Å². The molecule has 3 heterocycles. The molecule has 0 radical (unpaired) electrons. The molecule has 2 aliphatic heterocycles. The monoisotopic (exact) mass is 300 g/mol. The summed E-state index contributed by atoms with van der Waals surface area (Å²) in [7, 11) is 1.60. The van der Waals surface area contributed by atoms with Crippen molar-refractivity contribution in [2.45, 2.75) is 12.2 Å². The van der Waals surface area contributed by atoms with Gasteiger partial charge in [0.25, 0.3) is 5.91 Å². The molecule has 1 amide bonds. The molecule has 1 aromatic heterocycles. The Kier molecular flexibility index (Phi) is 3.27. The van der Waals surface area contributed by atoms with Crippen molar-refractivity contribution >= 4 is 11.7 Å². The van der Waals surface area contributed by atoms with E-state index in [1.807, 2.05) is 4.90 Å². The number of alkyl halides is 3. The number of aromatic nitrogens is 1. The standard InChI is InChI=1S/C13H15F3N4O/c1-19-7-9-6-17-2-3-20(9)11-10(12(19)21)4-8(5-18-11)13(14,15)16/h4-5,9,17H,2-3,6-7H2,1H3. The number of nitrogens with one attached hydrogen (secondary N) is 1. The molecule has 1 saturated heterocycles. The maximum atomic E-state index is 12.8. The van der Waals surface area contributed by atoms with Crippen molar-refractivity contribution in [3.05, 3.63) is 23.4 Å². The van der Waals surface area contributed by atoms with Crippen LogP contribution in [0.25, 0.3) is 0 Å². The van der Waals surface area contributed by atoms with Crippen LogP contribution in [-0.2, 0) is 6.18 Å².